The smallest absolute Gasteiger partial charge is 0.226 e. The Hall–Kier alpha value is -2.94. The van der Waals surface area contributed by atoms with E-state index in [2.05, 4.69) is 15.6 Å². The molecule has 0 spiro atoms. The van der Waals surface area contributed by atoms with Crippen LogP contribution < -0.4 is 10.9 Å². The minimum absolute atomic E-state index is 0.207. The molecular weight excluding hydrogens is 332 g/mol. The summed E-state index contributed by atoms with van der Waals surface area (Å²) in [5.74, 6) is 0.555. The topological polar surface area (TPSA) is 113 Å². The van der Waals surface area contributed by atoms with Crippen LogP contribution in [0.2, 0.25) is 0 Å². The zero-order chi connectivity index (χ0) is 16.9. The predicted octanol–water partition coefficient (Wildman–Crippen LogP) is 1.68. The highest BCUT2D eigenvalue weighted by molar-refractivity contribution is 7.98. The number of para-hydroxylation sites is 1. The number of hydrogen-bond acceptors (Lipinski definition) is 8. The summed E-state index contributed by atoms with van der Waals surface area (Å²) in [6.45, 7) is 0.395. The van der Waals surface area contributed by atoms with Gasteiger partial charge in [-0.25, -0.2) is 4.68 Å². The van der Waals surface area contributed by atoms with Crippen LogP contribution in [0, 0.1) is 0 Å². The molecule has 3 rings (SSSR count). The molecule has 0 aliphatic rings. The van der Waals surface area contributed by atoms with E-state index in [-0.39, 0.29) is 5.75 Å². The number of thioether (sulfide) groups is 1. The van der Waals surface area contributed by atoms with Crippen molar-refractivity contribution in [1.29, 1.82) is 0 Å². The molecule has 0 bridgehead atoms. The Kier molecular flexibility index (Phi) is 4.71. The molecule has 3 N–H and O–H groups in total. The van der Waals surface area contributed by atoms with Crippen molar-refractivity contribution >= 4 is 11.8 Å². The molecule has 8 nitrogen and oxygen atoms in total. The fraction of sp³-hybridized carbons (Fsp3) is 0.133. The monoisotopic (exact) mass is 346 g/mol. The van der Waals surface area contributed by atoms with Crippen molar-refractivity contribution in [3.05, 3.63) is 64.5 Å². The van der Waals surface area contributed by atoms with Crippen LogP contribution >= 0.6 is 11.8 Å². The van der Waals surface area contributed by atoms with Crippen molar-refractivity contribution in [2.24, 2.45) is 0 Å². The maximum absolute atomic E-state index is 11.4. The third kappa shape index (κ3) is 3.69. The van der Waals surface area contributed by atoms with Gasteiger partial charge < -0.3 is 20.1 Å². The zero-order valence-corrected chi connectivity index (χ0v) is 13.2. The van der Waals surface area contributed by atoms with Crippen LogP contribution in [0.1, 0.15) is 11.3 Å². The van der Waals surface area contributed by atoms with Gasteiger partial charge in [-0.05, 0) is 6.07 Å². The van der Waals surface area contributed by atoms with Gasteiger partial charge in [0.2, 0.25) is 10.6 Å². The summed E-state index contributed by atoms with van der Waals surface area (Å²) in [7, 11) is 0. The van der Waals surface area contributed by atoms with Crippen LogP contribution in [0.3, 0.4) is 0 Å². The van der Waals surface area contributed by atoms with Crippen molar-refractivity contribution in [3.63, 3.8) is 0 Å². The average molecular weight is 346 g/mol. The maximum Gasteiger partial charge on any atom is 0.226 e. The molecule has 0 aliphatic heterocycles. The van der Waals surface area contributed by atoms with E-state index in [1.54, 1.807) is 16.8 Å². The summed E-state index contributed by atoms with van der Waals surface area (Å²) in [6, 6.07) is 8.25. The number of phenolic OH excluding ortho intramolecular Hbond substituents is 1. The van der Waals surface area contributed by atoms with Crippen LogP contribution in [0.4, 0.5) is 0 Å². The molecule has 9 heteroatoms. The molecule has 1 aromatic carbocycles. The summed E-state index contributed by atoms with van der Waals surface area (Å²) in [5, 5.41) is 27.3. The molecule has 0 fully saturated rings. The lowest BCUT2D eigenvalue weighted by Crippen LogP contribution is -2.14. The molecule has 0 saturated carbocycles. The second-order valence-electron chi connectivity index (χ2n) is 4.83. The van der Waals surface area contributed by atoms with E-state index >= 15 is 0 Å². The van der Waals surface area contributed by atoms with Crippen molar-refractivity contribution in [3.8, 4) is 11.5 Å². The van der Waals surface area contributed by atoms with Crippen LogP contribution in [0.25, 0.3) is 0 Å². The first-order valence-electron chi connectivity index (χ1n) is 6.98. The molecule has 0 saturated heterocycles. The van der Waals surface area contributed by atoms with E-state index in [0.717, 1.165) is 11.8 Å². The number of phenols is 1. The Bertz CT molecular complexity index is 893. The first-order chi connectivity index (χ1) is 11.6. The highest BCUT2D eigenvalue weighted by atomic mass is 32.2. The number of benzene rings is 1. The number of rotatable bonds is 6. The highest BCUT2D eigenvalue weighted by Crippen LogP contribution is 2.21. The fourth-order valence-corrected chi connectivity index (χ4v) is 2.70. The zero-order valence-electron chi connectivity index (χ0n) is 12.4. The van der Waals surface area contributed by atoms with Gasteiger partial charge in [-0.3, -0.25) is 4.79 Å². The summed E-state index contributed by atoms with van der Waals surface area (Å²) in [6.07, 6.45) is 2.52. The van der Waals surface area contributed by atoms with Crippen LogP contribution in [0.5, 0.6) is 11.5 Å². The van der Waals surface area contributed by atoms with Crippen molar-refractivity contribution in [2.75, 3.05) is 5.43 Å². The molecular formula is C15H14N4O4S. The second-order valence-corrected chi connectivity index (χ2v) is 5.77. The lowest BCUT2D eigenvalue weighted by molar-refractivity contribution is 0.419. The average Bonchev–Trinajstić information content (AvgIpc) is 3.03. The lowest BCUT2D eigenvalue weighted by Gasteiger charge is -2.10. The third-order valence-electron chi connectivity index (χ3n) is 3.16. The van der Waals surface area contributed by atoms with Gasteiger partial charge in [-0.2, -0.15) is 0 Å². The van der Waals surface area contributed by atoms with Crippen molar-refractivity contribution in [2.45, 2.75) is 17.5 Å². The van der Waals surface area contributed by atoms with Crippen LogP contribution in [0.15, 0.2) is 57.3 Å². The first kappa shape index (κ1) is 15.9. The van der Waals surface area contributed by atoms with Gasteiger partial charge in [0.05, 0.1) is 12.3 Å². The fourth-order valence-electron chi connectivity index (χ4n) is 1.92. The predicted molar refractivity (Wildman–Crippen MR) is 87.4 cm³/mol. The maximum atomic E-state index is 11.4. The number of nitrogens with one attached hydrogen (secondary N) is 1. The third-order valence-corrected chi connectivity index (χ3v) is 4.12. The highest BCUT2D eigenvalue weighted by Gasteiger charge is 2.09. The van der Waals surface area contributed by atoms with Gasteiger partial charge >= 0.3 is 0 Å². The largest absolute Gasteiger partial charge is 0.508 e. The minimum atomic E-state index is -0.490. The summed E-state index contributed by atoms with van der Waals surface area (Å²) < 4.78 is 6.76. The van der Waals surface area contributed by atoms with Gasteiger partial charge in [-0.1, -0.05) is 30.0 Å². The standard InChI is InChI=1S/C15H14N4O4S/c20-12-4-2-1-3-10(12)6-17-19-9-16-18-15(19)24-8-11-5-13(21)14(22)7-23-11/h1-5,7,9,17,20,22H,6,8H2. The molecule has 0 atom stereocenters. The molecule has 2 aromatic heterocycles. The molecule has 0 unspecified atom stereocenters. The SMILES string of the molecule is O=c1cc(CSc2nncn2NCc2ccccc2O)occ1O. The van der Waals surface area contributed by atoms with Gasteiger partial charge in [0.25, 0.3) is 0 Å². The number of nitrogens with zero attached hydrogens (tertiary/aromatic N) is 3. The van der Waals surface area contributed by atoms with Crippen molar-refractivity contribution in [1.82, 2.24) is 14.9 Å². The van der Waals surface area contributed by atoms with E-state index in [1.807, 2.05) is 12.1 Å². The van der Waals surface area contributed by atoms with Gasteiger partial charge in [-0.15, -0.1) is 10.2 Å². The molecule has 24 heavy (non-hydrogen) atoms. The lowest BCUT2D eigenvalue weighted by atomic mass is 10.2. The molecule has 0 radical (unpaired) electrons. The van der Waals surface area contributed by atoms with E-state index in [9.17, 15) is 15.0 Å². The minimum Gasteiger partial charge on any atom is -0.508 e. The number of aromatic hydroxyl groups is 2. The van der Waals surface area contributed by atoms with E-state index in [0.29, 0.717) is 23.2 Å². The Balaban J connectivity index is 1.63. The molecule has 3 aromatic rings. The Morgan fingerprint density at radius 2 is 2.08 bits per heavy atom. The van der Waals surface area contributed by atoms with Gasteiger partial charge in [0.15, 0.2) is 5.75 Å². The van der Waals surface area contributed by atoms with Gasteiger partial charge in [0.1, 0.15) is 24.1 Å². The van der Waals surface area contributed by atoms with E-state index in [1.165, 1.54) is 24.2 Å². The molecule has 0 aliphatic carbocycles. The Morgan fingerprint density at radius 3 is 2.88 bits per heavy atom. The summed E-state index contributed by atoms with van der Waals surface area (Å²) >= 11 is 1.31. The molecule has 2 heterocycles. The molecule has 124 valence electrons. The van der Waals surface area contributed by atoms with Crippen molar-refractivity contribution < 1.29 is 14.6 Å². The summed E-state index contributed by atoms with van der Waals surface area (Å²) in [4.78, 5) is 11.4. The normalized spacial score (nSPS) is 10.7. The summed E-state index contributed by atoms with van der Waals surface area (Å²) in [5.41, 5.74) is 3.34. The second kappa shape index (κ2) is 7.09. The van der Waals surface area contributed by atoms with Gasteiger partial charge in [0, 0.05) is 11.6 Å². The van der Waals surface area contributed by atoms with E-state index in [4.69, 9.17) is 4.42 Å². The quantitative estimate of drug-likeness (QED) is 0.578. The first-order valence-corrected chi connectivity index (χ1v) is 7.96. The van der Waals surface area contributed by atoms with E-state index < -0.39 is 11.2 Å². The number of aromatic nitrogens is 3. The Labute approximate surface area is 140 Å². The Morgan fingerprint density at radius 1 is 1.25 bits per heavy atom. The van der Waals surface area contributed by atoms with Crippen LogP contribution in [-0.2, 0) is 12.3 Å². The number of hydrogen-bond donors (Lipinski definition) is 3. The van der Waals surface area contributed by atoms with Crippen LogP contribution in [-0.4, -0.2) is 25.1 Å². The molecule has 0 amide bonds.